The molecule has 100 valence electrons. The highest BCUT2D eigenvalue weighted by atomic mass is 35.5. The summed E-state index contributed by atoms with van der Waals surface area (Å²) in [6.07, 6.45) is 1.13. The maximum Gasteiger partial charge on any atom is 0.146 e. The first-order valence-electron chi connectivity index (χ1n) is 6.51. The van der Waals surface area contributed by atoms with Gasteiger partial charge in [0.2, 0.25) is 0 Å². The van der Waals surface area contributed by atoms with Crippen LogP contribution in [0.1, 0.15) is 18.9 Å². The molecule has 0 radical (unpaired) electrons. The molecule has 0 amide bonds. The summed E-state index contributed by atoms with van der Waals surface area (Å²) in [5, 5.41) is 3.99. The average molecular weight is 276 g/mol. The van der Waals surface area contributed by atoms with Crippen LogP contribution in [0, 0.1) is 0 Å². The summed E-state index contributed by atoms with van der Waals surface area (Å²) < 4.78 is 5.74. The molecule has 0 aliphatic rings. The third kappa shape index (κ3) is 4.27. The lowest BCUT2D eigenvalue weighted by Gasteiger charge is -2.09. The topological polar surface area (TPSA) is 21.3 Å². The van der Waals surface area contributed by atoms with E-state index in [4.69, 9.17) is 16.3 Å². The van der Waals surface area contributed by atoms with Gasteiger partial charge in [0.05, 0.1) is 5.02 Å². The standard InChI is InChI=1S/C16H18ClNO/c1-2-10-18-12-13-8-9-16(15(17)11-13)19-14-6-4-3-5-7-14/h3-9,11,18H,2,10,12H2,1H3. The molecule has 0 fully saturated rings. The minimum Gasteiger partial charge on any atom is -0.456 e. The van der Waals surface area contributed by atoms with Crippen LogP contribution in [0.25, 0.3) is 0 Å². The van der Waals surface area contributed by atoms with Gasteiger partial charge in [-0.25, -0.2) is 0 Å². The molecule has 0 bridgehead atoms. The number of ether oxygens (including phenoxy) is 1. The summed E-state index contributed by atoms with van der Waals surface area (Å²) in [6, 6.07) is 15.5. The molecule has 1 N–H and O–H groups in total. The van der Waals surface area contributed by atoms with Gasteiger partial charge in [-0.2, -0.15) is 0 Å². The monoisotopic (exact) mass is 275 g/mol. The highest BCUT2D eigenvalue weighted by Gasteiger charge is 2.04. The fourth-order valence-corrected chi connectivity index (χ4v) is 2.00. The Kier molecular flexibility index (Phi) is 5.25. The van der Waals surface area contributed by atoms with Gasteiger partial charge < -0.3 is 10.1 Å². The van der Waals surface area contributed by atoms with Crippen molar-refractivity contribution in [2.24, 2.45) is 0 Å². The predicted molar refractivity (Wildman–Crippen MR) is 80.0 cm³/mol. The quantitative estimate of drug-likeness (QED) is 0.776. The number of benzene rings is 2. The van der Waals surface area contributed by atoms with Gasteiger partial charge in [0.15, 0.2) is 0 Å². The van der Waals surface area contributed by atoms with Gasteiger partial charge in [0.25, 0.3) is 0 Å². The highest BCUT2D eigenvalue weighted by Crippen LogP contribution is 2.29. The number of para-hydroxylation sites is 1. The lowest BCUT2D eigenvalue weighted by atomic mass is 10.2. The van der Waals surface area contributed by atoms with Crippen molar-refractivity contribution >= 4 is 11.6 Å². The van der Waals surface area contributed by atoms with E-state index in [2.05, 4.69) is 12.2 Å². The number of halogens is 1. The van der Waals surface area contributed by atoms with Crippen molar-refractivity contribution < 1.29 is 4.74 Å². The summed E-state index contributed by atoms with van der Waals surface area (Å²) in [7, 11) is 0. The second-order valence-electron chi connectivity index (χ2n) is 4.36. The Labute approximate surface area is 119 Å². The Morgan fingerprint density at radius 1 is 1.11 bits per heavy atom. The van der Waals surface area contributed by atoms with E-state index in [1.807, 2.05) is 48.5 Å². The van der Waals surface area contributed by atoms with Gasteiger partial charge in [-0.15, -0.1) is 0 Å². The largest absolute Gasteiger partial charge is 0.456 e. The molecule has 0 aliphatic heterocycles. The zero-order valence-corrected chi connectivity index (χ0v) is 11.8. The number of hydrogen-bond donors (Lipinski definition) is 1. The molecular formula is C16H18ClNO. The molecule has 2 rings (SSSR count). The SMILES string of the molecule is CCCNCc1ccc(Oc2ccccc2)c(Cl)c1. The van der Waals surface area contributed by atoms with E-state index in [0.29, 0.717) is 10.8 Å². The molecule has 0 saturated carbocycles. The average Bonchev–Trinajstić information content (AvgIpc) is 2.43. The van der Waals surface area contributed by atoms with Crippen molar-refractivity contribution in [2.45, 2.75) is 19.9 Å². The number of rotatable bonds is 6. The van der Waals surface area contributed by atoms with E-state index in [1.165, 1.54) is 5.56 Å². The van der Waals surface area contributed by atoms with Gasteiger partial charge in [0.1, 0.15) is 11.5 Å². The molecule has 0 heterocycles. The zero-order valence-electron chi connectivity index (χ0n) is 11.0. The molecule has 0 saturated heterocycles. The summed E-state index contributed by atoms with van der Waals surface area (Å²) in [5.41, 5.74) is 1.17. The summed E-state index contributed by atoms with van der Waals surface area (Å²) in [5.74, 6) is 1.48. The molecule has 19 heavy (non-hydrogen) atoms. The number of hydrogen-bond acceptors (Lipinski definition) is 2. The second kappa shape index (κ2) is 7.17. The maximum absolute atomic E-state index is 6.24. The van der Waals surface area contributed by atoms with E-state index >= 15 is 0 Å². The van der Waals surface area contributed by atoms with Crippen LogP contribution in [-0.4, -0.2) is 6.54 Å². The summed E-state index contributed by atoms with van der Waals surface area (Å²) in [4.78, 5) is 0. The molecular weight excluding hydrogens is 258 g/mol. The van der Waals surface area contributed by atoms with Crippen LogP contribution in [-0.2, 0) is 6.54 Å². The van der Waals surface area contributed by atoms with Gasteiger partial charge in [0, 0.05) is 6.54 Å². The van der Waals surface area contributed by atoms with Crippen molar-refractivity contribution in [3.63, 3.8) is 0 Å². The van der Waals surface area contributed by atoms with Gasteiger partial charge >= 0.3 is 0 Å². The molecule has 0 aromatic heterocycles. The summed E-state index contributed by atoms with van der Waals surface area (Å²) >= 11 is 6.24. The predicted octanol–water partition coefficient (Wildman–Crippen LogP) is 4.63. The van der Waals surface area contributed by atoms with E-state index in [-0.39, 0.29) is 0 Å². The zero-order chi connectivity index (χ0) is 13.5. The Hall–Kier alpha value is -1.51. The van der Waals surface area contributed by atoms with Gasteiger partial charge in [-0.3, -0.25) is 0 Å². The van der Waals surface area contributed by atoms with Crippen LogP contribution >= 0.6 is 11.6 Å². The lowest BCUT2D eigenvalue weighted by molar-refractivity contribution is 0.482. The first kappa shape index (κ1) is 13.9. The maximum atomic E-state index is 6.24. The minimum absolute atomic E-state index is 0.639. The molecule has 0 unspecified atom stereocenters. The van der Waals surface area contributed by atoms with Crippen molar-refractivity contribution in [2.75, 3.05) is 6.54 Å². The smallest absolute Gasteiger partial charge is 0.146 e. The number of nitrogens with one attached hydrogen (secondary N) is 1. The van der Waals surface area contributed by atoms with E-state index < -0.39 is 0 Å². The van der Waals surface area contributed by atoms with Crippen molar-refractivity contribution in [1.29, 1.82) is 0 Å². The first-order chi connectivity index (χ1) is 9.29. The normalized spacial score (nSPS) is 10.4. The highest BCUT2D eigenvalue weighted by molar-refractivity contribution is 6.32. The molecule has 2 aromatic carbocycles. The van der Waals surface area contributed by atoms with Crippen LogP contribution < -0.4 is 10.1 Å². The van der Waals surface area contributed by atoms with E-state index in [9.17, 15) is 0 Å². The van der Waals surface area contributed by atoms with Crippen LogP contribution in [0.15, 0.2) is 48.5 Å². The molecule has 0 atom stereocenters. The van der Waals surface area contributed by atoms with Crippen LogP contribution in [0.4, 0.5) is 0 Å². The van der Waals surface area contributed by atoms with Crippen molar-refractivity contribution in [3.8, 4) is 11.5 Å². The fraction of sp³-hybridized carbons (Fsp3) is 0.250. The Morgan fingerprint density at radius 3 is 2.58 bits per heavy atom. The lowest BCUT2D eigenvalue weighted by Crippen LogP contribution is -2.13. The van der Waals surface area contributed by atoms with Gasteiger partial charge in [-0.05, 0) is 42.8 Å². The van der Waals surface area contributed by atoms with Gasteiger partial charge in [-0.1, -0.05) is 42.8 Å². The Balaban J connectivity index is 2.03. The van der Waals surface area contributed by atoms with Crippen molar-refractivity contribution in [3.05, 3.63) is 59.1 Å². The first-order valence-corrected chi connectivity index (χ1v) is 6.89. The third-order valence-corrected chi connectivity index (χ3v) is 3.02. The minimum atomic E-state index is 0.639. The summed E-state index contributed by atoms with van der Waals surface area (Å²) in [6.45, 7) is 4.00. The fourth-order valence-electron chi connectivity index (χ4n) is 1.76. The molecule has 0 spiro atoms. The molecule has 3 heteroatoms. The second-order valence-corrected chi connectivity index (χ2v) is 4.76. The van der Waals surface area contributed by atoms with Crippen LogP contribution in [0.5, 0.6) is 11.5 Å². The third-order valence-electron chi connectivity index (χ3n) is 2.72. The van der Waals surface area contributed by atoms with Crippen molar-refractivity contribution in [1.82, 2.24) is 5.32 Å². The molecule has 0 aliphatic carbocycles. The molecule has 2 nitrogen and oxygen atoms in total. The Morgan fingerprint density at radius 2 is 1.89 bits per heavy atom. The van der Waals surface area contributed by atoms with Crippen LogP contribution in [0.3, 0.4) is 0 Å². The van der Waals surface area contributed by atoms with E-state index in [0.717, 1.165) is 25.3 Å². The molecule has 2 aromatic rings. The Bertz CT molecular complexity index is 513. The van der Waals surface area contributed by atoms with E-state index in [1.54, 1.807) is 0 Å². The van der Waals surface area contributed by atoms with Crippen LogP contribution in [0.2, 0.25) is 5.02 Å².